The fraction of sp³-hybridized carbons (Fsp3) is 0.643. The molecule has 1 aliphatic carbocycles. The molecule has 0 bridgehead atoms. The molecule has 2 N–H and O–H groups in total. The smallest absolute Gasteiger partial charge is 0.319 e. The summed E-state index contributed by atoms with van der Waals surface area (Å²) < 4.78 is 1.91. The molecule has 1 aromatic heterocycles. The van der Waals surface area contributed by atoms with Crippen molar-refractivity contribution in [3.8, 4) is 0 Å². The summed E-state index contributed by atoms with van der Waals surface area (Å²) in [7, 11) is 0. The third-order valence-electron chi connectivity index (χ3n) is 3.79. The zero-order chi connectivity index (χ0) is 14.9. The largest absolute Gasteiger partial charge is 0.480 e. The van der Waals surface area contributed by atoms with Gasteiger partial charge in [0.2, 0.25) is 5.91 Å². The van der Waals surface area contributed by atoms with Crippen molar-refractivity contribution < 1.29 is 14.7 Å². The van der Waals surface area contributed by atoms with Gasteiger partial charge in [-0.25, -0.2) is 0 Å². The second-order valence-electron chi connectivity index (χ2n) is 5.81. The molecule has 1 unspecified atom stereocenters. The molecular formula is C14H21N3O3. The number of aromatic nitrogens is 2. The van der Waals surface area contributed by atoms with Gasteiger partial charge < -0.3 is 10.4 Å². The maximum atomic E-state index is 11.9. The summed E-state index contributed by atoms with van der Waals surface area (Å²) in [6.07, 6.45) is 0.889. The van der Waals surface area contributed by atoms with Crippen molar-refractivity contribution in [1.82, 2.24) is 15.1 Å². The highest BCUT2D eigenvalue weighted by atomic mass is 16.4. The highest BCUT2D eigenvalue weighted by Gasteiger charge is 2.56. The average Bonchev–Trinajstić information content (AvgIpc) is 3.11. The summed E-state index contributed by atoms with van der Waals surface area (Å²) >= 11 is 0. The van der Waals surface area contributed by atoms with Gasteiger partial charge in [0.05, 0.1) is 5.69 Å². The molecule has 1 atom stereocenters. The fourth-order valence-electron chi connectivity index (χ4n) is 2.32. The van der Waals surface area contributed by atoms with Crippen LogP contribution in [0.15, 0.2) is 6.07 Å². The highest BCUT2D eigenvalue weighted by Crippen LogP contribution is 2.46. The number of nitrogens with zero attached hydrogens (tertiary/aromatic N) is 2. The Morgan fingerprint density at radius 2 is 2.15 bits per heavy atom. The SMILES string of the molecule is Cc1cc(C)n(CC(C)CNC(=O)C2(C(=O)O)CC2)n1. The Bertz CT molecular complexity index is 532. The minimum absolute atomic E-state index is 0.196. The minimum Gasteiger partial charge on any atom is -0.480 e. The molecule has 0 saturated heterocycles. The van der Waals surface area contributed by atoms with Gasteiger partial charge in [-0.2, -0.15) is 5.10 Å². The predicted molar refractivity (Wildman–Crippen MR) is 73.2 cm³/mol. The van der Waals surface area contributed by atoms with Crippen molar-refractivity contribution in [3.05, 3.63) is 17.5 Å². The maximum Gasteiger partial charge on any atom is 0.319 e. The number of hydrogen-bond donors (Lipinski definition) is 2. The lowest BCUT2D eigenvalue weighted by Crippen LogP contribution is -2.39. The van der Waals surface area contributed by atoms with E-state index in [1.807, 2.05) is 31.5 Å². The van der Waals surface area contributed by atoms with Crippen LogP contribution in [0.1, 0.15) is 31.2 Å². The molecular weight excluding hydrogens is 258 g/mol. The van der Waals surface area contributed by atoms with Crippen molar-refractivity contribution >= 4 is 11.9 Å². The predicted octanol–water partition coefficient (Wildman–Crippen LogP) is 1.12. The lowest BCUT2D eigenvalue weighted by molar-refractivity contribution is -0.149. The van der Waals surface area contributed by atoms with Crippen LogP contribution in [-0.4, -0.2) is 33.3 Å². The van der Waals surface area contributed by atoms with Gasteiger partial charge in [0, 0.05) is 18.8 Å². The zero-order valence-corrected chi connectivity index (χ0v) is 12.1. The molecule has 1 saturated carbocycles. The maximum absolute atomic E-state index is 11.9. The van der Waals surface area contributed by atoms with Crippen LogP contribution in [0.3, 0.4) is 0 Å². The Kier molecular flexibility index (Phi) is 3.83. The van der Waals surface area contributed by atoms with E-state index >= 15 is 0 Å². The second-order valence-corrected chi connectivity index (χ2v) is 5.81. The zero-order valence-electron chi connectivity index (χ0n) is 12.1. The molecule has 1 aromatic rings. The first-order chi connectivity index (χ1) is 9.35. The fourth-order valence-corrected chi connectivity index (χ4v) is 2.32. The van der Waals surface area contributed by atoms with E-state index in [-0.39, 0.29) is 11.8 Å². The summed E-state index contributed by atoms with van der Waals surface area (Å²) in [6, 6.07) is 2.01. The normalized spacial score (nSPS) is 17.6. The van der Waals surface area contributed by atoms with Gasteiger partial charge in [0.25, 0.3) is 0 Å². The Morgan fingerprint density at radius 3 is 2.60 bits per heavy atom. The molecule has 2 rings (SSSR count). The van der Waals surface area contributed by atoms with E-state index in [1.54, 1.807) is 0 Å². The van der Waals surface area contributed by atoms with Crippen LogP contribution in [0.4, 0.5) is 0 Å². The van der Waals surface area contributed by atoms with Gasteiger partial charge in [-0.15, -0.1) is 0 Å². The molecule has 6 heteroatoms. The number of carboxylic acids is 1. The molecule has 0 aromatic carbocycles. The lowest BCUT2D eigenvalue weighted by atomic mass is 10.1. The van der Waals surface area contributed by atoms with E-state index in [0.29, 0.717) is 25.9 Å². The number of nitrogens with one attached hydrogen (secondary N) is 1. The number of aliphatic carboxylic acids is 1. The first-order valence-electron chi connectivity index (χ1n) is 6.88. The van der Waals surface area contributed by atoms with E-state index in [2.05, 4.69) is 10.4 Å². The van der Waals surface area contributed by atoms with Gasteiger partial charge in [0.1, 0.15) is 5.41 Å². The highest BCUT2D eigenvalue weighted by molar-refractivity contribution is 6.04. The van der Waals surface area contributed by atoms with Crippen LogP contribution in [0.2, 0.25) is 0 Å². The Hall–Kier alpha value is -1.85. The van der Waals surface area contributed by atoms with E-state index in [0.717, 1.165) is 11.4 Å². The van der Waals surface area contributed by atoms with Gasteiger partial charge >= 0.3 is 5.97 Å². The van der Waals surface area contributed by atoms with Crippen molar-refractivity contribution in [2.24, 2.45) is 11.3 Å². The van der Waals surface area contributed by atoms with Crippen molar-refractivity contribution in [3.63, 3.8) is 0 Å². The number of aryl methyl sites for hydroxylation is 2. The number of carbonyl (C=O) groups is 2. The second kappa shape index (κ2) is 5.26. The van der Waals surface area contributed by atoms with Gasteiger partial charge in [0.15, 0.2) is 0 Å². The summed E-state index contributed by atoms with van der Waals surface area (Å²) in [6.45, 7) is 7.12. The monoisotopic (exact) mass is 279 g/mol. The van der Waals surface area contributed by atoms with E-state index in [9.17, 15) is 9.59 Å². The first-order valence-corrected chi connectivity index (χ1v) is 6.88. The van der Waals surface area contributed by atoms with Crippen LogP contribution >= 0.6 is 0 Å². The molecule has 1 aliphatic rings. The van der Waals surface area contributed by atoms with Crippen LogP contribution < -0.4 is 5.32 Å². The Balaban J connectivity index is 1.84. The number of hydrogen-bond acceptors (Lipinski definition) is 3. The molecule has 110 valence electrons. The van der Waals surface area contributed by atoms with Crippen LogP contribution in [0.25, 0.3) is 0 Å². The molecule has 1 fully saturated rings. The quantitative estimate of drug-likeness (QED) is 0.764. The molecule has 1 amide bonds. The van der Waals surface area contributed by atoms with Crippen LogP contribution in [-0.2, 0) is 16.1 Å². The summed E-state index contributed by atoms with van der Waals surface area (Å²) in [5.41, 5.74) is 0.907. The Morgan fingerprint density at radius 1 is 1.50 bits per heavy atom. The molecule has 20 heavy (non-hydrogen) atoms. The summed E-state index contributed by atoms with van der Waals surface area (Å²) in [5, 5.41) is 16.2. The molecule has 0 aliphatic heterocycles. The third-order valence-corrected chi connectivity index (χ3v) is 3.79. The standard InChI is InChI=1S/C14H21N3O3/c1-9(8-17-11(3)6-10(2)16-17)7-15-12(18)14(4-5-14)13(19)20/h6,9H,4-5,7-8H2,1-3H3,(H,15,18)(H,19,20). The summed E-state index contributed by atoms with van der Waals surface area (Å²) in [5.74, 6) is -1.17. The van der Waals surface area contributed by atoms with Gasteiger partial charge in [-0.1, -0.05) is 6.92 Å². The Labute approximate surface area is 118 Å². The topological polar surface area (TPSA) is 84.2 Å². The summed E-state index contributed by atoms with van der Waals surface area (Å²) in [4.78, 5) is 22.9. The number of amides is 1. The van der Waals surface area contributed by atoms with Crippen LogP contribution in [0.5, 0.6) is 0 Å². The van der Waals surface area contributed by atoms with Gasteiger partial charge in [-0.05, 0) is 38.7 Å². The number of rotatable bonds is 6. The third kappa shape index (κ3) is 2.84. The van der Waals surface area contributed by atoms with E-state index < -0.39 is 11.4 Å². The first kappa shape index (κ1) is 14.6. The average molecular weight is 279 g/mol. The molecule has 6 nitrogen and oxygen atoms in total. The van der Waals surface area contributed by atoms with E-state index in [4.69, 9.17) is 5.11 Å². The number of carbonyl (C=O) groups excluding carboxylic acids is 1. The number of carboxylic acid groups (broad SMARTS) is 1. The van der Waals surface area contributed by atoms with Crippen molar-refractivity contribution in [2.75, 3.05) is 6.54 Å². The van der Waals surface area contributed by atoms with Crippen molar-refractivity contribution in [2.45, 2.75) is 40.2 Å². The minimum atomic E-state index is -1.15. The lowest BCUT2D eigenvalue weighted by Gasteiger charge is -2.16. The van der Waals surface area contributed by atoms with Crippen LogP contribution in [0, 0.1) is 25.2 Å². The van der Waals surface area contributed by atoms with Gasteiger partial charge in [-0.3, -0.25) is 14.3 Å². The van der Waals surface area contributed by atoms with E-state index in [1.165, 1.54) is 0 Å². The van der Waals surface area contributed by atoms with Crippen molar-refractivity contribution in [1.29, 1.82) is 0 Å². The molecule has 1 heterocycles. The molecule has 0 spiro atoms. The molecule has 0 radical (unpaired) electrons.